The molecule has 0 amide bonds. The number of hydrogen-bond acceptors (Lipinski definition) is 3. The Balaban J connectivity index is 1.98. The maximum absolute atomic E-state index is 4.17. The van der Waals surface area contributed by atoms with Gasteiger partial charge in [0.25, 0.3) is 0 Å². The summed E-state index contributed by atoms with van der Waals surface area (Å²) >= 11 is 0. The van der Waals surface area contributed by atoms with E-state index in [0.717, 1.165) is 25.1 Å². The summed E-state index contributed by atoms with van der Waals surface area (Å²) in [5, 5.41) is 11.7. The molecular formula is C16H24N4. The van der Waals surface area contributed by atoms with Crippen LogP contribution in [0.3, 0.4) is 0 Å². The van der Waals surface area contributed by atoms with Crippen LogP contribution in [0.5, 0.6) is 0 Å². The summed E-state index contributed by atoms with van der Waals surface area (Å²) < 4.78 is 1.76. The highest BCUT2D eigenvalue weighted by Crippen LogP contribution is 2.20. The molecule has 0 fully saturated rings. The van der Waals surface area contributed by atoms with E-state index in [1.54, 1.807) is 4.68 Å². The fraction of sp³-hybridized carbons (Fsp3) is 0.500. The summed E-state index contributed by atoms with van der Waals surface area (Å²) in [5.74, 6) is 0.514. The zero-order chi connectivity index (χ0) is 14.4. The van der Waals surface area contributed by atoms with Gasteiger partial charge in [-0.3, -0.25) is 4.68 Å². The summed E-state index contributed by atoms with van der Waals surface area (Å²) in [6.45, 7) is 5.37. The van der Waals surface area contributed by atoms with E-state index in [4.69, 9.17) is 0 Å². The maximum Gasteiger partial charge on any atom is 0.0827 e. The molecule has 1 unspecified atom stereocenters. The highest BCUT2D eigenvalue weighted by Gasteiger charge is 2.13. The van der Waals surface area contributed by atoms with E-state index in [2.05, 4.69) is 59.8 Å². The number of aryl methyl sites for hydroxylation is 2. The molecule has 0 saturated carbocycles. The summed E-state index contributed by atoms with van der Waals surface area (Å²) in [6.07, 6.45) is 4.05. The second-order valence-electron chi connectivity index (χ2n) is 5.59. The molecule has 0 spiro atoms. The van der Waals surface area contributed by atoms with Crippen molar-refractivity contribution in [2.24, 2.45) is 7.05 Å². The first-order chi connectivity index (χ1) is 9.65. The monoisotopic (exact) mass is 272 g/mol. The number of nitrogens with one attached hydrogen (secondary N) is 1. The second kappa shape index (κ2) is 7.20. The molecule has 4 heteroatoms. The van der Waals surface area contributed by atoms with Gasteiger partial charge in [0.15, 0.2) is 0 Å². The molecule has 1 heterocycles. The second-order valence-corrected chi connectivity index (χ2v) is 5.59. The van der Waals surface area contributed by atoms with Crippen molar-refractivity contribution in [2.45, 2.75) is 38.6 Å². The van der Waals surface area contributed by atoms with E-state index in [0.29, 0.717) is 12.0 Å². The van der Waals surface area contributed by atoms with Gasteiger partial charge in [-0.15, -0.1) is 5.10 Å². The van der Waals surface area contributed by atoms with Gasteiger partial charge in [-0.25, -0.2) is 0 Å². The molecule has 0 aliphatic rings. The van der Waals surface area contributed by atoms with E-state index in [-0.39, 0.29) is 0 Å². The van der Waals surface area contributed by atoms with Crippen LogP contribution in [0.15, 0.2) is 36.5 Å². The first kappa shape index (κ1) is 14.7. The molecule has 108 valence electrons. The van der Waals surface area contributed by atoms with Gasteiger partial charge in [0.1, 0.15) is 0 Å². The standard InChI is InChI=1S/C16H24N4/c1-13(2)17-11-15(14-7-5-4-6-8-14)9-10-16-12-20(3)19-18-16/h4-8,12-13,15,17H,9-11H2,1-3H3. The van der Waals surface area contributed by atoms with Crippen LogP contribution in [-0.2, 0) is 13.5 Å². The van der Waals surface area contributed by atoms with Crippen LogP contribution >= 0.6 is 0 Å². The van der Waals surface area contributed by atoms with Crippen molar-refractivity contribution >= 4 is 0 Å². The molecule has 0 aliphatic heterocycles. The molecule has 20 heavy (non-hydrogen) atoms. The molecule has 0 aliphatic carbocycles. The number of aromatic nitrogens is 3. The van der Waals surface area contributed by atoms with Crippen molar-refractivity contribution in [3.63, 3.8) is 0 Å². The number of hydrogen-bond donors (Lipinski definition) is 1. The first-order valence-corrected chi connectivity index (χ1v) is 7.28. The molecule has 1 aromatic carbocycles. The summed E-state index contributed by atoms with van der Waals surface area (Å²) in [7, 11) is 1.91. The summed E-state index contributed by atoms with van der Waals surface area (Å²) in [6, 6.07) is 11.2. The van der Waals surface area contributed by atoms with Crippen molar-refractivity contribution in [3.8, 4) is 0 Å². The Bertz CT molecular complexity index is 504. The van der Waals surface area contributed by atoms with E-state index >= 15 is 0 Å². The van der Waals surface area contributed by atoms with E-state index in [1.165, 1.54) is 5.56 Å². The fourth-order valence-corrected chi connectivity index (χ4v) is 2.32. The zero-order valence-electron chi connectivity index (χ0n) is 12.6. The zero-order valence-corrected chi connectivity index (χ0v) is 12.6. The van der Waals surface area contributed by atoms with Gasteiger partial charge in [-0.1, -0.05) is 49.4 Å². The van der Waals surface area contributed by atoms with Crippen LogP contribution in [0.25, 0.3) is 0 Å². The minimum atomic E-state index is 0.512. The van der Waals surface area contributed by atoms with Gasteiger partial charge in [0.2, 0.25) is 0 Å². The molecule has 0 radical (unpaired) electrons. The SMILES string of the molecule is CC(C)NCC(CCc1cn(C)nn1)c1ccccc1. The largest absolute Gasteiger partial charge is 0.314 e. The smallest absolute Gasteiger partial charge is 0.0827 e. The molecule has 1 atom stereocenters. The lowest BCUT2D eigenvalue weighted by Gasteiger charge is -2.19. The van der Waals surface area contributed by atoms with Crippen LogP contribution in [0, 0.1) is 0 Å². The quantitative estimate of drug-likeness (QED) is 0.842. The predicted octanol–water partition coefficient (Wildman–Crippen LogP) is 2.53. The third-order valence-corrected chi connectivity index (χ3v) is 3.44. The summed E-state index contributed by atoms with van der Waals surface area (Å²) in [4.78, 5) is 0. The van der Waals surface area contributed by atoms with Crippen molar-refractivity contribution in [1.82, 2.24) is 20.3 Å². The Morgan fingerprint density at radius 2 is 1.95 bits per heavy atom. The molecule has 2 aromatic rings. The van der Waals surface area contributed by atoms with E-state index < -0.39 is 0 Å². The third kappa shape index (κ3) is 4.46. The topological polar surface area (TPSA) is 42.7 Å². The molecule has 1 aromatic heterocycles. The van der Waals surface area contributed by atoms with Crippen molar-refractivity contribution in [2.75, 3.05) is 6.54 Å². The Morgan fingerprint density at radius 1 is 1.20 bits per heavy atom. The van der Waals surface area contributed by atoms with Crippen LogP contribution in [0.2, 0.25) is 0 Å². The maximum atomic E-state index is 4.17. The Hall–Kier alpha value is -1.68. The van der Waals surface area contributed by atoms with Gasteiger partial charge in [0, 0.05) is 25.8 Å². The Labute approximate surface area is 121 Å². The van der Waals surface area contributed by atoms with Crippen molar-refractivity contribution < 1.29 is 0 Å². The van der Waals surface area contributed by atoms with Gasteiger partial charge in [-0.2, -0.15) is 0 Å². The van der Waals surface area contributed by atoms with Crippen LogP contribution in [0.1, 0.15) is 37.4 Å². The van der Waals surface area contributed by atoms with Crippen LogP contribution in [-0.4, -0.2) is 27.6 Å². The van der Waals surface area contributed by atoms with Crippen LogP contribution in [0.4, 0.5) is 0 Å². The highest BCUT2D eigenvalue weighted by molar-refractivity contribution is 5.20. The van der Waals surface area contributed by atoms with Crippen molar-refractivity contribution in [3.05, 3.63) is 47.8 Å². The summed E-state index contributed by atoms with van der Waals surface area (Å²) in [5.41, 5.74) is 2.46. The normalized spacial score (nSPS) is 12.8. The molecular weight excluding hydrogens is 248 g/mol. The minimum absolute atomic E-state index is 0.512. The molecule has 1 N–H and O–H groups in total. The number of benzene rings is 1. The Morgan fingerprint density at radius 3 is 2.55 bits per heavy atom. The molecule has 2 rings (SSSR count). The molecule has 4 nitrogen and oxygen atoms in total. The fourth-order valence-electron chi connectivity index (χ4n) is 2.32. The van der Waals surface area contributed by atoms with Gasteiger partial charge in [-0.05, 0) is 24.3 Å². The third-order valence-electron chi connectivity index (χ3n) is 3.44. The lowest BCUT2D eigenvalue weighted by atomic mass is 9.93. The number of rotatable bonds is 7. The van der Waals surface area contributed by atoms with Crippen LogP contribution < -0.4 is 5.32 Å². The first-order valence-electron chi connectivity index (χ1n) is 7.28. The molecule has 0 saturated heterocycles. The minimum Gasteiger partial charge on any atom is -0.314 e. The van der Waals surface area contributed by atoms with Crippen molar-refractivity contribution in [1.29, 1.82) is 0 Å². The average molecular weight is 272 g/mol. The van der Waals surface area contributed by atoms with Gasteiger partial charge < -0.3 is 5.32 Å². The van der Waals surface area contributed by atoms with Gasteiger partial charge >= 0.3 is 0 Å². The predicted molar refractivity (Wildman–Crippen MR) is 81.6 cm³/mol. The Kier molecular flexibility index (Phi) is 5.30. The average Bonchev–Trinajstić information content (AvgIpc) is 2.85. The highest BCUT2D eigenvalue weighted by atomic mass is 15.4. The lowest BCUT2D eigenvalue weighted by molar-refractivity contribution is 0.506. The van der Waals surface area contributed by atoms with Gasteiger partial charge in [0.05, 0.1) is 5.69 Å². The lowest BCUT2D eigenvalue weighted by Crippen LogP contribution is -2.28. The van der Waals surface area contributed by atoms with E-state index in [1.807, 2.05) is 13.2 Å². The molecule has 0 bridgehead atoms. The number of nitrogens with zero attached hydrogens (tertiary/aromatic N) is 3. The van der Waals surface area contributed by atoms with E-state index in [9.17, 15) is 0 Å².